The molecule has 0 saturated carbocycles. The average molecular weight is 373 g/mol. The zero-order chi connectivity index (χ0) is 18.4. The van der Waals surface area contributed by atoms with E-state index in [1.165, 1.54) is 5.56 Å². The zero-order valence-electron chi connectivity index (χ0n) is 15.1. The predicted octanol–water partition coefficient (Wildman–Crippen LogP) is 4.24. The van der Waals surface area contributed by atoms with Crippen molar-refractivity contribution < 1.29 is 9.53 Å². The predicted molar refractivity (Wildman–Crippen MR) is 106 cm³/mol. The Morgan fingerprint density at radius 1 is 1.19 bits per heavy atom. The number of carbonyl (C=O) groups is 1. The molecule has 1 saturated heterocycles. The summed E-state index contributed by atoms with van der Waals surface area (Å²) in [5.41, 5.74) is 2.12. The van der Waals surface area contributed by atoms with Crippen LogP contribution in [-0.4, -0.2) is 37.6 Å². The maximum Gasteiger partial charge on any atom is 0.241 e. The smallest absolute Gasteiger partial charge is 0.241 e. The van der Waals surface area contributed by atoms with E-state index in [0.29, 0.717) is 16.7 Å². The molecule has 0 atom stereocenters. The Bertz CT molecular complexity index is 728. The lowest BCUT2D eigenvalue weighted by molar-refractivity contribution is -0.130. The summed E-state index contributed by atoms with van der Waals surface area (Å²) in [5.74, 6) is 1.45. The van der Waals surface area contributed by atoms with E-state index in [1.54, 1.807) is 25.3 Å². The minimum atomic E-state index is 0.116. The van der Waals surface area contributed by atoms with Crippen molar-refractivity contribution in [3.8, 4) is 5.75 Å². The molecule has 1 fully saturated rings. The van der Waals surface area contributed by atoms with Gasteiger partial charge in [-0.3, -0.25) is 4.79 Å². The van der Waals surface area contributed by atoms with Gasteiger partial charge in [0.15, 0.2) is 0 Å². The highest BCUT2D eigenvalue weighted by molar-refractivity contribution is 6.30. The van der Waals surface area contributed by atoms with E-state index in [1.807, 2.05) is 11.0 Å². The van der Waals surface area contributed by atoms with Gasteiger partial charge >= 0.3 is 0 Å². The number of nitrogens with zero attached hydrogens (tertiary/aromatic N) is 1. The third-order valence-electron chi connectivity index (χ3n) is 4.93. The van der Waals surface area contributed by atoms with E-state index in [9.17, 15) is 4.79 Å². The maximum absolute atomic E-state index is 12.5. The molecule has 0 bridgehead atoms. The van der Waals surface area contributed by atoms with Crippen LogP contribution in [0.4, 0.5) is 5.69 Å². The fourth-order valence-electron chi connectivity index (χ4n) is 3.43. The van der Waals surface area contributed by atoms with E-state index >= 15 is 0 Å². The number of piperidine rings is 1. The summed E-state index contributed by atoms with van der Waals surface area (Å²) >= 11 is 6.03. The molecule has 26 heavy (non-hydrogen) atoms. The van der Waals surface area contributed by atoms with Gasteiger partial charge in [-0.1, -0.05) is 41.9 Å². The standard InChI is InChI=1S/C21H25ClN2O2/c1-26-20-8-7-18(22)14-19(20)23-15-21(25)24-11-9-17(10-12-24)13-16-5-3-2-4-6-16/h2-8,14,17,23H,9-13,15H2,1H3. The Kier molecular flexibility index (Phi) is 6.40. The molecule has 138 valence electrons. The van der Waals surface area contributed by atoms with Crippen LogP contribution in [0, 0.1) is 5.92 Å². The number of carbonyl (C=O) groups excluding carboxylic acids is 1. The summed E-state index contributed by atoms with van der Waals surface area (Å²) < 4.78 is 5.30. The van der Waals surface area contributed by atoms with Crippen molar-refractivity contribution in [3.63, 3.8) is 0 Å². The Balaban J connectivity index is 1.47. The molecule has 1 heterocycles. The van der Waals surface area contributed by atoms with Gasteiger partial charge in [0, 0.05) is 18.1 Å². The molecule has 0 radical (unpaired) electrons. The summed E-state index contributed by atoms with van der Waals surface area (Å²) in [6.07, 6.45) is 3.21. The molecular weight excluding hydrogens is 348 g/mol. The highest BCUT2D eigenvalue weighted by atomic mass is 35.5. The lowest BCUT2D eigenvalue weighted by atomic mass is 9.90. The van der Waals surface area contributed by atoms with Crippen LogP contribution in [-0.2, 0) is 11.2 Å². The van der Waals surface area contributed by atoms with E-state index in [4.69, 9.17) is 16.3 Å². The van der Waals surface area contributed by atoms with Crippen LogP contribution >= 0.6 is 11.6 Å². The van der Waals surface area contributed by atoms with Gasteiger partial charge in [-0.25, -0.2) is 0 Å². The lowest BCUT2D eigenvalue weighted by Crippen LogP contribution is -2.41. The maximum atomic E-state index is 12.5. The monoisotopic (exact) mass is 372 g/mol. The number of methoxy groups -OCH3 is 1. The third-order valence-corrected chi connectivity index (χ3v) is 5.16. The SMILES string of the molecule is COc1ccc(Cl)cc1NCC(=O)N1CCC(Cc2ccccc2)CC1. The molecule has 2 aromatic carbocycles. The Morgan fingerprint density at radius 3 is 2.62 bits per heavy atom. The van der Waals surface area contributed by atoms with E-state index < -0.39 is 0 Å². The van der Waals surface area contributed by atoms with Crippen molar-refractivity contribution in [3.05, 3.63) is 59.1 Å². The number of benzene rings is 2. The molecule has 0 unspecified atom stereocenters. The van der Waals surface area contributed by atoms with Gasteiger partial charge in [0.1, 0.15) is 5.75 Å². The van der Waals surface area contributed by atoms with Crippen LogP contribution < -0.4 is 10.1 Å². The van der Waals surface area contributed by atoms with E-state index in [2.05, 4.69) is 29.6 Å². The minimum Gasteiger partial charge on any atom is -0.495 e. The quantitative estimate of drug-likeness (QED) is 0.824. The number of amides is 1. The van der Waals surface area contributed by atoms with E-state index in [0.717, 1.165) is 38.0 Å². The second-order valence-corrected chi connectivity index (χ2v) is 7.15. The third kappa shape index (κ3) is 4.92. The van der Waals surface area contributed by atoms with Crippen molar-refractivity contribution in [1.29, 1.82) is 0 Å². The molecule has 3 rings (SSSR count). The topological polar surface area (TPSA) is 41.6 Å². The summed E-state index contributed by atoms with van der Waals surface area (Å²) in [6, 6.07) is 15.9. The first kappa shape index (κ1) is 18.6. The van der Waals surface area contributed by atoms with Gasteiger partial charge in [-0.15, -0.1) is 0 Å². The molecule has 5 heteroatoms. The highest BCUT2D eigenvalue weighted by Gasteiger charge is 2.22. The molecule has 2 aromatic rings. The van der Waals surface area contributed by atoms with Crippen LogP contribution in [0.15, 0.2) is 48.5 Å². The summed E-state index contributed by atoms with van der Waals surface area (Å²) in [7, 11) is 1.60. The number of rotatable bonds is 6. The second kappa shape index (κ2) is 8.95. The normalized spacial score (nSPS) is 14.9. The number of nitrogens with one attached hydrogen (secondary N) is 1. The average Bonchev–Trinajstić information content (AvgIpc) is 2.67. The summed E-state index contributed by atoms with van der Waals surface area (Å²) in [6.45, 7) is 1.90. The van der Waals surface area contributed by atoms with Gasteiger partial charge in [0.25, 0.3) is 0 Å². The number of ether oxygens (including phenoxy) is 1. The first-order chi connectivity index (χ1) is 12.7. The Labute approximate surface area is 160 Å². The van der Waals surface area contributed by atoms with Gasteiger partial charge in [0.2, 0.25) is 5.91 Å². The highest BCUT2D eigenvalue weighted by Crippen LogP contribution is 2.27. The first-order valence-electron chi connectivity index (χ1n) is 9.05. The van der Waals surface area contributed by atoms with Gasteiger partial charge in [0.05, 0.1) is 19.3 Å². The van der Waals surface area contributed by atoms with Crippen molar-refractivity contribution in [2.24, 2.45) is 5.92 Å². The molecular formula is C21H25ClN2O2. The molecule has 0 spiro atoms. The number of halogens is 1. The van der Waals surface area contributed by atoms with Gasteiger partial charge in [-0.05, 0) is 48.9 Å². The Hall–Kier alpha value is -2.20. The van der Waals surface area contributed by atoms with Crippen molar-refractivity contribution in [2.75, 3.05) is 32.1 Å². The Morgan fingerprint density at radius 2 is 1.92 bits per heavy atom. The fourth-order valence-corrected chi connectivity index (χ4v) is 3.61. The van der Waals surface area contributed by atoms with Crippen molar-refractivity contribution >= 4 is 23.2 Å². The van der Waals surface area contributed by atoms with Crippen molar-refractivity contribution in [1.82, 2.24) is 4.90 Å². The zero-order valence-corrected chi connectivity index (χ0v) is 15.8. The fraction of sp³-hybridized carbons (Fsp3) is 0.381. The summed E-state index contributed by atoms with van der Waals surface area (Å²) in [5, 5.41) is 3.77. The molecule has 4 nitrogen and oxygen atoms in total. The van der Waals surface area contributed by atoms with Gasteiger partial charge in [-0.2, -0.15) is 0 Å². The summed E-state index contributed by atoms with van der Waals surface area (Å²) in [4.78, 5) is 14.5. The minimum absolute atomic E-state index is 0.116. The molecule has 1 aliphatic heterocycles. The molecule has 1 N–H and O–H groups in total. The number of anilines is 1. The largest absolute Gasteiger partial charge is 0.495 e. The first-order valence-corrected chi connectivity index (χ1v) is 9.42. The molecule has 0 aliphatic carbocycles. The van der Waals surface area contributed by atoms with E-state index in [-0.39, 0.29) is 12.5 Å². The van der Waals surface area contributed by atoms with Gasteiger partial charge < -0.3 is 15.0 Å². The number of likely N-dealkylation sites (tertiary alicyclic amines) is 1. The number of hydrogen-bond acceptors (Lipinski definition) is 3. The second-order valence-electron chi connectivity index (χ2n) is 6.71. The van der Waals surface area contributed by atoms with Crippen LogP contribution in [0.3, 0.4) is 0 Å². The van der Waals surface area contributed by atoms with Crippen LogP contribution in [0.2, 0.25) is 5.02 Å². The number of hydrogen-bond donors (Lipinski definition) is 1. The van der Waals surface area contributed by atoms with Crippen LogP contribution in [0.25, 0.3) is 0 Å². The van der Waals surface area contributed by atoms with Crippen molar-refractivity contribution in [2.45, 2.75) is 19.3 Å². The van der Waals surface area contributed by atoms with Crippen LogP contribution in [0.1, 0.15) is 18.4 Å². The molecule has 1 amide bonds. The lowest BCUT2D eigenvalue weighted by Gasteiger charge is -2.32. The molecule has 1 aliphatic rings. The molecule has 0 aromatic heterocycles. The van der Waals surface area contributed by atoms with Crippen LogP contribution in [0.5, 0.6) is 5.75 Å².